The monoisotopic (exact) mass is 237 g/mol. The number of halogens is 1. The predicted molar refractivity (Wildman–Crippen MR) is 67.6 cm³/mol. The van der Waals surface area contributed by atoms with Gasteiger partial charge in [-0.15, -0.1) is 11.8 Å². The van der Waals surface area contributed by atoms with Crippen LogP contribution in [0.5, 0.6) is 5.75 Å². The Hall–Kier alpha value is -1.17. The number of ether oxygens (including phenoxy) is 1. The summed E-state index contributed by atoms with van der Waals surface area (Å²) in [5.74, 6) is 6.56. The van der Waals surface area contributed by atoms with E-state index in [-0.39, 0.29) is 6.04 Å². The first-order valence-electron chi connectivity index (χ1n) is 5.22. The second-order valence-electron chi connectivity index (χ2n) is 3.50. The summed E-state index contributed by atoms with van der Waals surface area (Å²) in [7, 11) is 0. The Morgan fingerprint density at radius 3 is 2.88 bits per heavy atom. The average Bonchev–Trinajstić information content (AvgIpc) is 2.26. The molecule has 86 valence electrons. The zero-order valence-corrected chi connectivity index (χ0v) is 10.3. The molecular formula is C13H16ClNO. The van der Waals surface area contributed by atoms with E-state index in [1.54, 1.807) is 6.07 Å². The molecular weight excluding hydrogens is 222 g/mol. The molecule has 0 aliphatic carbocycles. The maximum atomic E-state index is 5.91. The second-order valence-corrected chi connectivity index (χ2v) is 3.93. The first-order valence-corrected chi connectivity index (χ1v) is 5.60. The van der Waals surface area contributed by atoms with Gasteiger partial charge in [0, 0.05) is 23.0 Å². The summed E-state index contributed by atoms with van der Waals surface area (Å²) in [6, 6.07) is 5.40. The van der Waals surface area contributed by atoms with E-state index < -0.39 is 0 Å². The van der Waals surface area contributed by atoms with E-state index in [0.29, 0.717) is 11.6 Å². The van der Waals surface area contributed by atoms with Gasteiger partial charge in [-0.2, -0.15) is 0 Å². The molecule has 1 unspecified atom stereocenters. The molecule has 0 aliphatic heterocycles. The van der Waals surface area contributed by atoms with Crippen molar-refractivity contribution in [1.29, 1.82) is 0 Å². The number of rotatable bonds is 4. The summed E-state index contributed by atoms with van der Waals surface area (Å²) in [6.07, 6.45) is 0.720. The molecule has 0 spiro atoms. The lowest BCUT2D eigenvalue weighted by molar-refractivity contribution is 0.322. The third-order valence-electron chi connectivity index (χ3n) is 2.12. The zero-order chi connectivity index (χ0) is 12.0. The highest BCUT2D eigenvalue weighted by atomic mass is 35.5. The molecule has 0 fully saturated rings. The van der Waals surface area contributed by atoms with Gasteiger partial charge in [0.1, 0.15) is 5.75 Å². The van der Waals surface area contributed by atoms with Crippen molar-refractivity contribution in [3.05, 3.63) is 28.8 Å². The van der Waals surface area contributed by atoms with Crippen molar-refractivity contribution >= 4 is 11.6 Å². The first-order chi connectivity index (χ1) is 7.65. The number of hydrogen-bond acceptors (Lipinski definition) is 2. The molecule has 0 aliphatic rings. The fraction of sp³-hybridized carbons (Fsp3) is 0.385. The van der Waals surface area contributed by atoms with Crippen LogP contribution in [0.25, 0.3) is 0 Å². The van der Waals surface area contributed by atoms with Crippen molar-refractivity contribution < 1.29 is 4.74 Å². The zero-order valence-electron chi connectivity index (χ0n) is 9.59. The molecule has 1 aromatic carbocycles. The van der Waals surface area contributed by atoms with Gasteiger partial charge >= 0.3 is 0 Å². The fourth-order valence-electron chi connectivity index (χ4n) is 1.34. The number of benzene rings is 1. The third-order valence-corrected chi connectivity index (χ3v) is 2.36. The minimum atomic E-state index is -0.0917. The smallest absolute Gasteiger partial charge is 0.124 e. The quantitative estimate of drug-likeness (QED) is 0.645. The summed E-state index contributed by atoms with van der Waals surface area (Å²) in [5.41, 5.74) is 6.77. The lowest BCUT2D eigenvalue weighted by Crippen LogP contribution is -2.08. The standard InChI is InChI=1S/C13H16ClNO/c1-3-4-5-8-16-13-7-6-11(14)9-12(13)10(2)15/h6-7,9-10H,5,8,15H2,1-2H3. The summed E-state index contributed by atoms with van der Waals surface area (Å²) >= 11 is 5.91. The van der Waals surface area contributed by atoms with Crippen molar-refractivity contribution in [2.24, 2.45) is 5.73 Å². The summed E-state index contributed by atoms with van der Waals surface area (Å²) in [5, 5.41) is 0.674. The molecule has 2 N–H and O–H groups in total. The highest BCUT2D eigenvalue weighted by Gasteiger charge is 2.08. The largest absolute Gasteiger partial charge is 0.492 e. The predicted octanol–water partition coefficient (Wildman–Crippen LogP) is 3.15. The molecule has 0 saturated heterocycles. The van der Waals surface area contributed by atoms with E-state index in [2.05, 4.69) is 11.8 Å². The van der Waals surface area contributed by atoms with Gasteiger partial charge < -0.3 is 10.5 Å². The lowest BCUT2D eigenvalue weighted by atomic mass is 10.1. The molecule has 16 heavy (non-hydrogen) atoms. The van der Waals surface area contributed by atoms with Crippen LogP contribution in [0.4, 0.5) is 0 Å². The minimum absolute atomic E-state index is 0.0917. The molecule has 0 heterocycles. The van der Waals surface area contributed by atoms with Gasteiger partial charge in [-0.1, -0.05) is 11.6 Å². The van der Waals surface area contributed by atoms with Crippen LogP contribution in [-0.4, -0.2) is 6.61 Å². The molecule has 0 bridgehead atoms. The molecule has 2 nitrogen and oxygen atoms in total. The topological polar surface area (TPSA) is 35.2 Å². The molecule has 1 rings (SSSR count). The normalized spacial score (nSPS) is 11.5. The van der Waals surface area contributed by atoms with Crippen LogP contribution in [0.2, 0.25) is 5.02 Å². The van der Waals surface area contributed by atoms with Crippen molar-refractivity contribution in [3.8, 4) is 17.6 Å². The Morgan fingerprint density at radius 1 is 1.50 bits per heavy atom. The Labute approximate surface area is 102 Å². The molecule has 0 radical (unpaired) electrons. The van der Waals surface area contributed by atoms with Crippen LogP contribution in [0.15, 0.2) is 18.2 Å². The van der Waals surface area contributed by atoms with Gasteiger partial charge in [0.25, 0.3) is 0 Å². The lowest BCUT2D eigenvalue weighted by Gasteiger charge is -2.13. The average molecular weight is 238 g/mol. The van der Waals surface area contributed by atoms with Crippen molar-refractivity contribution in [2.45, 2.75) is 26.3 Å². The van der Waals surface area contributed by atoms with Crippen LogP contribution >= 0.6 is 11.6 Å². The van der Waals surface area contributed by atoms with Crippen molar-refractivity contribution in [2.75, 3.05) is 6.61 Å². The van der Waals surface area contributed by atoms with Gasteiger partial charge in [-0.05, 0) is 32.0 Å². The van der Waals surface area contributed by atoms with Crippen molar-refractivity contribution in [3.63, 3.8) is 0 Å². The molecule has 0 amide bonds. The Kier molecular flexibility index (Phi) is 5.18. The Morgan fingerprint density at radius 2 is 2.25 bits per heavy atom. The SMILES string of the molecule is CC#CCCOc1ccc(Cl)cc1C(C)N. The van der Waals surface area contributed by atoms with Crippen LogP contribution in [0.1, 0.15) is 31.9 Å². The second kappa shape index (κ2) is 6.42. The van der Waals surface area contributed by atoms with Crippen LogP contribution < -0.4 is 10.5 Å². The summed E-state index contributed by atoms with van der Waals surface area (Å²) in [6.45, 7) is 4.29. The Balaban J connectivity index is 2.73. The fourth-order valence-corrected chi connectivity index (χ4v) is 1.52. The van der Waals surface area contributed by atoms with Gasteiger partial charge in [0.15, 0.2) is 0 Å². The van der Waals surface area contributed by atoms with E-state index in [1.165, 1.54) is 0 Å². The summed E-state index contributed by atoms with van der Waals surface area (Å²) < 4.78 is 5.61. The Bertz CT molecular complexity index is 404. The van der Waals surface area contributed by atoms with Crippen LogP contribution in [-0.2, 0) is 0 Å². The van der Waals surface area contributed by atoms with Gasteiger partial charge in [0.05, 0.1) is 6.61 Å². The molecule has 3 heteroatoms. The summed E-state index contributed by atoms with van der Waals surface area (Å²) in [4.78, 5) is 0. The first kappa shape index (κ1) is 12.9. The van der Waals surface area contributed by atoms with E-state index >= 15 is 0 Å². The molecule has 1 aromatic rings. The highest BCUT2D eigenvalue weighted by molar-refractivity contribution is 6.30. The highest BCUT2D eigenvalue weighted by Crippen LogP contribution is 2.27. The number of nitrogens with two attached hydrogens (primary N) is 1. The van der Waals surface area contributed by atoms with Crippen LogP contribution in [0.3, 0.4) is 0 Å². The molecule has 0 saturated carbocycles. The van der Waals surface area contributed by atoms with Gasteiger partial charge in [0.2, 0.25) is 0 Å². The van der Waals surface area contributed by atoms with Gasteiger partial charge in [-0.3, -0.25) is 0 Å². The maximum absolute atomic E-state index is 5.91. The van der Waals surface area contributed by atoms with Crippen molar-refractivity contribution in [1.82, 2.24) is 0 Å². The van der Waals surface area contributed by atoms with E-state index in [9.17, 15) is 0 Å². The van der Waals surface area contributed by atoms with E-state index in [0.717, 1.165) is 17.7 Å². The number of hydrogen-bond donors (Lipinski definition) is 1. The van der Waals surface area contributed by atoms with Gasteiger partial charge in [-0.25, -0.2) is 0 Å². The van der Waals surface area contributed by atoms with Crippen LogP contribution in [0, 0.1) is 11.8 Å². The molecule has 0 aromatic heterocycles. The minimum Gasteiger partial charge on any atom is -0.492 e. The third kappa shape index (κ3) is 3.77. The van der Waals surface area contributed by atoms with E-state index in [1.807, 2.05) is 26.0 Å². The van der Waals surface area contributed by atoms with E-state index in [4.69, 9.17) is 22.1 Å². The molecule has 1 atom stereocenters. The maximum Gasteiger partial charge on any atom is 0.124 e.